The molecule has 1 aromatic carbocycles. The number of aliphatic hydroxyl groups is 1. The molecule has 0 aromatic heterocycles. The van der Waals surface area contributed by atoms with Crippen LogP contribution in [0.3, 0.4) is 0 Å². The highest BCUT2D eigenvalue weighted by molar-refractivity contribution is 5.79. The Morgan fingerprint density at radius 3 is 2.68 bits per heavy atom. The van der Waals surface area contributed by atoms with Gasteiger partial charge < -0.3 is 15.1 Å². The van der Waals surface area contributed by atoms with Crippen LogP contribution in [0.25, 0.3) is 0 Å². The summed E-state index contributed by atoms with van der Waals surface area (Å²) in [7, 11) is 0. The summed E-state index contributed by atoms with van der Waals surface area (Å²) in [6.07, 6.45) is 1.77. The second kappa shape index (κ2) is 6.06. The number of rotatable bonds is 3. The summed E-state index contributed by atoms with van der Waals surface area (Å²) in [5.74, 6) is 0.595. The molecule has 1 amide bonds. The van der Waals surface area contributed by atoms with Gasteiger partial charge in [-0.1, -0.05) is 12.1 Å². The molecule has 1 fully saturated rings. The molecule has 1 heterocycles. The molecular weight excluding hydrogens is 242 g/mol. The third-order valence-electron chi connectivity index (χ3n) is 3.84. The molecule has 1 aromatic rings. The second-order valence-corrected chi connectivity index (χ2v) is 5.31. The maximum atomic E-state index is 12.1. The van der Waals surface area contributed by atoms with Gasteiger partial charge in [0, 0.05) is 13.1 Å². The van der Waals surface area contributed by atoms with Crippen molar-refractivity contribution in [1.29, 1.82) is 0 Å². The van der Waals surface area contributed by atoms with E-state index in [0.29, 0.717) is 25.4 Å². The van der Waals surface area contributed by atoms with Gasteiger partial charge in [0.1, 0.15) is 5.75 Å². The second-order valence-electron chi connectivity index (χ2n) is 5.31. The van der Waals surface area contributed by atoms with Crippen molar-refractivity contribution < 1.29 is 15.0 Å². The fraction of sp³-hybridized carbons (Fsp3) is 0.533. The SMILES string of the molecule is CC(O)C1CCN(C(=O)Cc2cccc(O)c2)CC1. The normalized spacial score (nSPS) is 18.3. The summed E-state index contributed by atoms with van der Waals surface area (Å²) in [5, 5.41) is 18.9. The highest BCUT2D eigenvalue weighted by atomic mass is 16.3. The number of hydrogen-bond donors (Lipinski definition) is 2. The first kappa shape index (κ1) is 13.9. The first-order valence-corrected chi connectivity index (χ1v) is 6.80. The lowest BCUT2D eigenvalue weighted by atomic mass is 9.92. The van der Waals surface area contributed by atoms with E-state index >= 15 is 0 Å². The number of amides is 1. The average Bonchev–Trinajstić information content (AvgIpc) is 2.39. The minimum absolute atomic E-state index is 0.0923. The number of carbonyl (C=O) groups is 1. The van der Waals surface area contributed by atoms with E-state index in [1.54, 1.807) is 18.2 Å². The Morgan fingerprint density at radius 2 is 2.11 bits per heavy atom. The molecule has 1 aliphatic heterocycles. The van der Waals surface area contributed by atoms with Gasteiger partial charge in [-0.15, -0.1) is 0 Å². The van der Waals surface area contributed by atoms with E-state index in [9.17, 15) is 15.0 Å². The number of aliphatic hydroxyl groups excluding tert-OH is 1. The topological polar surface area (TPSA) is 60.8 Å². The Labute approximate surface area is 113 Å². The van der Waals surface area contributed by atoms with Crippen LogP contribution in [0.4, 0.5) is 0 Å². The number of phenols is 1. The number of piperidine rings is 1. The lowest BCUT2D eigenvalue weighted by molar-refractivity contribution is -0.132. The molecule has 2 rings (SSSR count). The summed E-state index contributed by atoms with van der Waals surface area (Å²) < 4.78 is 0. The summed E-state index contributed by atoms with van der Waals surface area (Å²) in [6.45, 7) is 3.25. The lowest BCUT2D eigenvalue weighted by Crippen LogP contribution is -2.41. The zero-order valence-corrected chi connectivity index (χ0v) is 11.2. The molecule has 1 unspecified atom stereocenters. The zero-order chi connectivity index (χ0) is 13.8. The van der Waals surface area contributed by atoms with Crippen molar-refractivity contribution in [2.75, 3.05) is 13.1 Å². The van der Waals surface area contributed by atoms with Crippen molar-refractivity contribution in [3.8, 4) is 5.75 Å². The largest absolute Gasteiger partial charge is 0.508 e. The number of likely N-dealkylation sites (tertiary alicyclic amines) is 1. The molecule has 1 aliphatic rings. The average molecular weight is 263 g/mol. The van der Waals surface area contributed by atoms with Crippen LogP contribution in [0.5, 0.6) is 5.75 Å². The maximum Gasteiger partial charge on any atom is 0.226 e. The molecule has 2 N–H and O–H groups in total. The summed E-state index contributed by atoms with van der Waals surface area (Å²) in [4.78, 5) is 14.0. The number of hydrogen-bond acceptors (Lipinski definition) is 3. The fourth-order valence-corrected chi connectivity index (χ4v) is 2.58. The predicted octanol–water partition coefficient (Wildman–Crippen LogP) is 1.55. The van der Waals surface area contributed by atoms with E-state index in [1.165, 1.54) is 0 Å². The Bertz CT molecular complexity index is 437. The van der Waals surface area contributed by atoms with Gasteiger partial charge in [-0.25, -0.2) is 0 Å². The first-order chi connectivity index (χ1) is 9.06. The van der Waals surface area contributed by atoms with Crippen molar-refractivity contribution in [3.63, 3.8) is 0 Å². The summed E-state index contributed by atoms with van der Waals surface area (Å²) in [5.41, 5.74) is 0.836. The van der Waals surface area contributed by atoms with E-state index < -0.39 is 0 Å². The monoisotopic (exact) mass is 263 g/mol. The Kier molecular flexibility index (Phi) is 4.43. The number of phenolic OH excluding ortho intramolecular Hbond substituents is 1. The van der Waals surface area contributed by atoms with Crippen molar-refractivity contribution in [2.45, 2.75) is 32.3 Å². The van der Waals surface area contributed by atoms with E-state index in [1.807, 2.05) is 17.9 Å². The van der Waals surface area contributed by atoms with Gasteiger partial charge in [-0.05, 0) is 43.4 Å². The molecule has 0 spiro atoms. The molecule has 19 heavy (non-hydrogen) atoms. The predicted molar refractivity (Wildman–Crippen MR) is 72.8 cm³/mol. The molecule has 4 nitrogen and oxygen atoms in total. The van der Waals surface area contributed by atoms with Crippen molar-refractivity contribution in [3.05, 3.63) is 29.8 Å². The number of aromatic hydroxyl groups is 1. The summed E-state index contributed by atoms with van der Waals surface area (Å²) in [6, 6.07) is 6.82. The molecule has 0 bridgehead atoms. The molecule has 0 aliphatic carbocycles. The van der Waals surface area contributed by atoms with Gasteiger partial charge in [-0.3, -0.25) is 4.79 Å². The molecular formula is C15H21NO3. The van der Waals surface area contributed by atoms with Crippen LogP contribution in [0.15, 0.2) is 24.3 Å². The van der Waals surface area contributed by atoms with Gasteiger partial charge in [0.25, 0.3) is 0 Å². The minimum atomic E-state index is -0.289. The van der Waals surface area contributed by atoms with Crippen molar-refractivity contribution >= 4 is 5.91 Å². The van der Waals surface area contributed by atoms with Gasteiger partial charge in [0.05, 0.1) is 12.5 Å². The van der Waals surface area contributed by atoms with Gasteiger partial charge >= 0.3 is 0 Å². The highest BCUT2D eigenvalue weighted by Gasteiger charge is 2.25. The smallest absolute Gasteiger partial charge is 0.226 e. The number of benzene rings is 1. The third kappa shape index (κ3) is 3.70. The van der Waals surface area contributed by atoms with Gasteiger partial charge in [0.15, 0.2) is 0 Å². The van der Waals surface area contributed by atoms with Crippen LogP contribution >= 0.6 is 0 Å². The third-order valence-corrected chi connectivity index (χ3v) is 3.84. The van der Waals surface area contributed by atoms with Crippen LogP contribution < -0.4 is 0 Å². The standard InChI is InChI=1S/C15H21NO3/c1-11(17)13-5-7-16(8-6-13)15(19)10-12-3-2-4-14(18)9-12/h2-4,9,11,13,17-18H,5-8,10H2,1H3. The van der Waals surface area contributed by atoms with E-state index in [0.717, 1.165) is 18.4 Å². The van der Waals surface area contributed by atoms with E-state index in [2.05, 4.69) is 0 Å². The van der Waals surface area contributed by atoms with Crippen LogP contribution in [0, 0.1) is 5.92 Å². The van der Waals surface area contributed by atoms with Crippen molar-refractivity contribution in [1.82, 2.24) is 4.90 Å². The van der Waals surface area contributed by atoms with Gasteiger partial charge in [0.2, 0.25) is 5.91 Å². The highest BCUT2D eigenvalue weighted by Crippen LogP contribution is 2.21. The quantitative estimate of drug-likeness (QED) is 0.870. The summed E-state index contributed by atoms with van der Waals surface area (Å²) >= 11 is 0. The van der Waals surface area contributed by atoms with Crippen LogP contribution in [-0.4, -0.2) is 40.2 Å². The first-order valence-electron chi connectivity index (χ1n) is 6.80. The fourth-order valence-electron chi connectivity index (χ4n) is 2.58. The van der Waals surface area contributed by atoms with Crippen LogP contribution in [-0.2, 0) is 11.2 Å². The Balaban J connectivity index is 1.88. The van der Waals surface area contributed by atoms with E-state index in [-0.39, 0.29) is 17.8 Å². The molecule has 1 atom stereocenters. The number of nitrogens with zero attached hydrogens (tertiary/aromatic N) is 1. The molecule has 0 saturated carbocycles. The van der Waals surface area contributed by atoms with Crippen molar-refractivity contribution in [2.24, 2.45) is 5.92 Å². The maximum absolute atomic E-state index is 12.1. The Hall–Kier alpha value is -1.55. The molecule has 4 heteroatoms. The van der Waals surface area contributed by atoms with Crippen LogP contribution in [0.2, 0.25) is 0 Å². The minimum Gasteiger partial charge on any atom is -0.508 e. The molecule has 0 radical (unpaired) electrons. The molecule has 104 valence electrons. The van der Waals surface area contributed by atoms with Crippen LogP contribution in [0.1, 0.15) is 25.3 Å². The van der Waals surface area contributed by atoms with Gasteiger partial charge in [-0.2, -0.15) is 0 Å². The number of carbonyl (C=O) groups excluding carboxylic acids is 1. The van der Waals surface area contributed by atoms with E-state index in [4.69, 9.17) is 0 Å². The zero-order valence-electron chi connectivity index (χ0n) is 11.2. The lowest BCUT2D eigenvalue weighted by Gasteiger charge is -2.33. The molecule has 1 saturated heterocycles. The Morgan fingerprint density at radius 1 is 1.42 bits per heavy atom.